The maximum absolute atomic E-state index is 13.2. The lowest BCUT2D eigenvalue weighted by atomic mass is 9.90. The van der Waals surface area contributed by atoms with Crippen molar-refractivity contribution >= 4 is 28.8 Å². The van der Waals surface area contributed by atoms with Gasteiger partial charge in [-0.1, -0.05) is 19.1 Å². The van der Waals surface area contributed by atoms with E-state index in [0.29, 0.717) is 17.4 Å². The second kappa shape index (κ2) is 6.19. The van der Waals surface area contributed by atoms with Gasteiger partial charge >= 0.3 is 0 Å². The van der Waals surface area contributed by atoms with E-state index < -0.39 is 12.0 Å². The molecule has 130 valence electrons. The van der Waals surface area contributed by atoms with Crippen LogP contribution in [0.1, 0.15) is 33.5 Å². The number of thiophene rings is 1. The van der Waals surface area contributed by atoms with Crippen molar-refractivity contribution in [1.82, 2.24) is 0 Å². The molecule has 0 radical (unpaired) electrons. The van der Waals surface area contributed by atoms with Crippen LogP contribution in [0.15, 0.2) is 30.3 Å². The number of anilines is 1. The Morgan fingerprint density at radius 3 is 2.92 bits per heavy atom. The second-order valence-electron chi connectivity index (χ2n) is 6.80. The Morgan fingerprint density at radius 2 is 2.12 bits per heavy atom. The number of fused-ring (bicyclic) bond motifs is 2. The molecule has 1 aromatic carbocycles. The number of hydrogen-bond donors (Lipinski definition) is 1. The molecule has 2 N–H and O–H groups in total. The first-order valence-electron chi connectivity index (χ1n) is 8.51. The maximum atomic E-state index is 13.2. The van der Waals surface area contributed by atoms with E-state index in [1.807, 2.05) is 24.3 Å². The fourth-order valence-corrected chi connectivity index (χ4v) is 4.68. The lowest BCUT2D eigenvalue weighted by molar-refractivity contribution is -0.124. The molecule has 4 rings (SSSR count). The molecule has 0 spiro atoms. The summed E-state index contributed by atoms with van der Waals surface area (Å²) in [4.78, 5) is 28.4. The Morgan fingerprint density at radius 1 is 1.32 bits per heavy atom. The largest absolute Gasteiger partial charge is 0.477 e. The molecule has 2 amide bonds. The Kier molecular flexibility index (Phi) is 4.00. The van der Waals surface area contributed by atoms with Crippen LogP contribution in [0.25, 0.3) is 0 Å². The number of nitrogens with two attached hydrogens (primary N) is 1. The molecule has 0 bridgehead atoms. The van der Waals surface area contributed by atoms with E-state index in [1.54, 1.807) is 22.3 Å². The van der Waals surface area contributed by atoms with Crippen molar-refractivity contribution in [2.75, 3.05) is 11.4 Å². The number of rotatable bonds is 2. The van der Waals surface area contributed by atoms with Gasteiger partial charge < -0.3 is 10.5 Å². The number of nitrogens with zero attached hydrogens (tertiary/aromatic N) is 1. The van der Waals surface area contributed by atoms with Crippen LogP contribution < -0.4 is 15.4 Å². The van der Waals surface area contributed by atoms with Gasteiger partial charge in [0.15, 0.2) is 6.10 Å². The van der Waals surface area contributed by atoms with Gasteiger partial charge in [0.2, 0.25) is 0 Å². The SMILES string of the molecule is C[C@@H]1CCc2sc(C(=O)N3C[C@@H](C(N)=O)Oc4ccccc43)cc2C1. The number of carbonyl (C=O) groups is 2. The molecular formula is C19H20N2O3S. The zero-order chi connectivity index (χ0) is 17.6. The number of benzene rings is 1. The van der Waals surface area contributed by atoms with Crippen molar-refractivity contribution in [2.24, 2.45) is 11.7 Å². The van der Waals surface area contributed by atoms with Crippen molar-refractivity contribution in [2.45, 2.75) is 32.3 Å². The molecule has 2 aliphatic rings. The number of carbonyl (C=O) groups excluding carboxylic acids is 2. The van der Waals surface area contributed by atoms with Gasteiger partial charge in [-0.05, 0) is 48.9 Å². The third-order valence-electron chi connectivity index (χ3n) is 4.88. The minimum absolute atomic E-state index is 0.0888. The summed E-state index contributed by atoms with van der Waals surface area (Å²) in [6.45, 7) is 2.39. The van der Waals surface area contributed by atoms with Crippen LogP contribution in [-0.2, 0) is 17.6 Å². The van der Waals surface area contributed by atoms with Crippen LogP contribution >= 0.6 is 11.3 Å². The van der Waals surface area contributed by atoms with Crippen molar-refractivity contribution in [1.29, 1.82) is 0 Å². The standard InChI is InChI=1S/C19H20N2O3S/c1-11-6-7-16-12(8-11)9-17(25-16)19(23)21-10-15(18(20)22)24-14-5-3-2-4-13(14)21/h2-5,9,11,15H,6-8,10H2,1H3,(H2,20,22)/t11-,15+/m1/s1. The highest BCUT2D eigenvalue weighted by Gasteiger charge is 2.34. The van der Waals surface area contributed by atoms with Crippen molar-refractivity contribution < 1.29 is 14.3 Å². The highest BCUT2D eigenvalue weighted by molar-refractivity contribution is 7.14. The van der Waals surface area contributed by atoms with Gasteiger partial charge in [0, 0.05) is 4.88 Å². The molecule has 25 heavy (non-hydrogen) atoms. The molecule has 2 atom stereocenters. The summed E-state index contributed by atoms with van der Waals surface area (Å²) in [6, 6.07) is 9.28. The number of para-hydroxylation sites is 2. The highest BCUT2D eigenvalue weighted by Crippen LogP contribution is 2.37. The molecule has 0 unspecified atom stereocenters. The van der Waals surface area contributed by atoms with Gasteiger partial charge in [0.25, 0.3) is 11.8 Å². The quantitative estimate of drug-likeness (QED) is 0.899. The van der Waals surface area contributed by atoms with Crippen LogP contribution in [0, 0.1) is 5.92 Å². The highest BCUT2D eigenvalue weighted by atomic mass is 32.1. The predicted molar refractivity (Wildman–Crippen MR) is 97.2 cm³/mol. The number of hydrogen-bond acceptors (Lipinski definition) is 4. The summed E-state index contributed by atoms with van der Waals surface area (Å²) < 4.78 is 5.64. The average molecular weight is 356 g/mol. The summed E-state index contributed by atoms with van der Waals surface area (Å²) in [5.41, 5.74) is 7.40. The minimum atomic E-state index is -0.826. The normalized spacial score (nSPS) is 21.9. The molecule has 5 nitrogen and oxygen atoms in total. The monoisotopic (exact) mass is 356 g/mol. The summed E-state index contributed by atoms with van der Waals surface area (Å²) >= 11 is 1.58. The molecule has 2 aromatic rings. The van der Waals surface area contributed by atoms with E-state index in [1.165, 1.54) is 16.9 Å². The molecule has 0 saturated heterocycles. The van der Waals surface area contributed by atoms with E-state index in [9.17, 15) is 9.59 Å². The smallest absolute Gasteiger partial charge is 0.268 e. The molecule has 1 aliphatic heterocycles. The van der Waals surface area contributed by atoms with Crippen LogP contribution in [0.5, 0.6) is 5.75 Å². The van der Waals surface area contributed by atoms with Gasteiger partial charge in [-0.25, -0.2) is 0 Å². The van der Waals surface area contributed by atoms with Gasteiger partial charge in [-0.15, -0.1) is 11.3 Å². The van der Waals surface area contributed by atoms with Gasteiger partial charge in [0.1, 0.15) is 5.75 Å². The van der Waals surface area contributed by atoms with E-state index in [2.05, 4.69) is 6.92 Å². The van der Waals surface area contributed by atoms with E-state index >= 15 is 0 Å². The first kappa shape index (κ1) is 16.1. The van der Waals surface area contributed by atoms with Crippen molar-refractivity contribution in [3.8, 4) is 5.75 Å². The number of aryl methyl sites for hydroxylation is 1. The summed E-state index contributed by atoms with van der Waals surface area (Å²) in [5.74, 6) is 0.523. The molecule has 0 fully saturated rings. The van der Waals surface area contributed by atoms with Gasteiger partial charge in [0.05, 0.1) is 17.1 Å². The zero-order valence-corrected chi connectivity index (χ0v) is 14.8. The number of ether oxygens (including phenoxy) is 1. The molecule has 0 saturated carbocycles. The van der Waals surface area contributed by atoms with Crippen LogP contribution in [-0.4, -0.2) is 24.5 Å². The molecule has 6 heteroatoms. The van der Waals surface area contributed by atoms with Gasteiger partial charge in [-0.3, -0.25) is 14.5 Å². The predicted octanol–water partition coefficient (Wildman–Crippen LogP) is 2.77. The topological polar surface area (TPSA) is 72.6 Å². The fourth-order valence-electron chi connectivity index (χ4n) is 3.52. The van der Waals surface area contributed by atoms with Crippen molar-refractivity contribution in [3.05, 3.63) is 45.6 Å². The lowest BCUT2D eigenvalue weighted by Crippen LogP contribution is -2.49. The van der Waals surface area contributed by atoms with E-state index in [4.69, 9.17) is 10.5 Å². The van der Waals surface area contributed by atoms with E-state index in [0.717, 1.165) is 17.7 Å². The second-order valence-corrected chi connectivity index (χ2v) is 7.94. The van der Waals surface area contributed by atoms with Crippen LogP contribution in [0.2, 0.25) is 0 Å². The maximum Gasteiger partial charge on any atom is 0.268 e. The summed E-state index contributed by atoms with van der Waals surface area (Å²) in [5, 5.41) is 0. The zero-order valence-electron chi connectivity index (χ0n) is 14.0. The van der Waals surface area contributed by atoms with E-state index in [-0.39, 0.29) is 12.5 Å². The van der Waals surface area contributed by atoms with Gasteiger partial charge in [-0.2, -0.15) is 0 Å². The Balaban J connectivity index is 1.68. The number of primary amides is 1. The Hall–Kier alpha value is -2.34. The third-order valence-corrected chi connectivity index (χ3v) is 6.10. The third kappa shape index (κ3) is 2.91. The Labute approximate surface area is 150 Å². The molecule has 1 aliphatic carbocycles. The molecule has 1 aromatic heterocycles. The summed E-state index contributed by atoms with van der Waals surface area (Å²) in [6.07, 6.45) is 2.42. The molecular weight excluding hydrogens is 336 g/mol. The molecule has 2 heterocycles. The number of amides is 2. The van der Waals surface area contributed by atoms with Crippen LogP contribution in [0.3, 0.4) is 0 Å². The lowest BCUT2D eigenvalue weighted by Gasteiger charge is -2.33. The first-order valence-corrected chi connectivity index (χ1v) is 9.33. The fraction of sp³-hybridized carbons (Fsp3) is 0.368. The van der Waals surface area contributed by atoms with Crippen molar-refractivity contribution in [3.63, 3.8) is 0 Å². The first-order chi connectivity index (χ1) is 12.0. The minimum Gasteiger partial charge on any atom is -0.477 e. The van der Waals surface area contributed by atoms with Crippen LogP contribution in [0.4, 0.5) is 5.69 Å². The average Bonchev–Trinajstić information content (AvgIpc) is 3.03. The summed E-state index contributed by atoms with van der Waals surface area (Å²) in [7, 11) is 0. The Bertz CT molecular complexity index is 845.